The molecule has 0 radical (unpaired) electrons. The number of hydrogen-bond donors (Lipinski definition) is 0. The van der Waals surface area contributed by atoms with Crippen molar-refractivity contribution in [2.24, 2.45) is 0 Å². The van der Waals surface area contributed by atoms with Gasteiger partial charge in [0.05, 0.1) is 22.1 Å². The minimum absolute atomic E-state index is 1.16. The van der Waals surface area contributed by atoms with Crippen LogP contribution in [-0.4, -0.2) is 17.2 Å². The molecule has 14 rings (SSSR count). The predicted octanol–water partition coefficient (Wildman–Crippen LogP) is 14.2. The van der Waals surface area contributed by atoms with Crippen LogP contribution in [0.2, 0.25) is 0 Å². The van der Waals surface area contributed by atoms with E-state index >= 15 is 0 Å². The fourth-order valence-corrected chi connectivity index (χ4v) is 17.0. The van der Waals surface area contributed by atoms with Crippen molar-refractivity contribution in [2.45, 2.75) is 0 Å². The van der Waals surface area contributed by atoms with Crippen LogP contribution in [0.3, 0.4) is 0 Å². The number of nitrogens with zero attached hydrogens (tertiary/aromatic N) is 2. The molecule has 3 heteroatoms. The SMILES string of the molecule is c1ccc(-c2ccc3c(c2)c2cc(-c4ccc5c(c4)[Si](c4ccccc4)(c4ccccc4)c4cc(-c6ccc7c8ccccc8n(-c8ccccc8)c7c6)ccc4-5)ccc2n3-c2ccccc2)cc1. The number of fused-ring (bicyclic) bond motifs is 9. The van der Waals surface area contributed by atoms with Crippen LogP contribution in [0.25, 0.3) is 99.5 Å². The lowest BCUT2D eigenvalue weighted by molar-refractivity contribution is 1.18. The van der Waals surface area contributed by atoms with Crippen molar-refractivity contribution in [1.29, 1.82) is 0 Å². The van der Waals surface area contributed by atoms with Crippen molar-refractivity contribution in [3.63, 3.8) is 0 Å². The van der Waals surface area contributed by atoms with Gasteiger partial charge in [0.1, 0.15) is 0 Å². The summed E-state index contributed by atoms with van der Waals surface area (Å²) in [6, 6.07) is 99.6. The van der Waals surface area contributed by atoms with Crippen LogP contribution in [0.15, 0.2) is 267 Å². The Morgan fingerprint density at radius 3 is 1.16 bits per heavy atom. The normalized spacial score (nSPS) is 12.8. The van der Waals surface area contributed by atoms with Crippen molar-refractivity contribution in [3.8, 4) is 55.9 Å². The summed E-state index contributed by atoms with van der Waals surface area (Å²) in [6.45, 7) is 0. The largest absolute Gasteiger partial charge is 0.309 e. The molecule has 0 bridgehead atoms. The fraction of sp³-hybridized carbons (Fsp3) is 0. The molecule has 11 aromatic carbocycles. The molecule has 0 unspecified atom stereocenters. The number of para-hydroxylation sites is 3. The second-order valence-electron chi connectivity index (χ2n) is 18.4. The third-order valence-corrected chi connectivity index (χ3v) is 19.6. The number of aromatic nitrogens is 2. The molecule has 0 spiro atoms. The second kappa shape index (κ2) is 15.7. The van der Waals surface area contributed by atoms with E-state index in [1.807, 2.05) is 0 Å². The van der Waals surface area contributed by atoms with Crippen LogP contribution >= 0.6 is 0 Å². The van der Waals surface area contributed by atoms with E-state index < -0.39 is 8.07 Å². The van der Waals surface area contributed by atoms with Gasteiger partial charge in [-0.25, -0.2) is 0 Å². The Morgan fingerprint density at radius 2 is 0.609 bits per heavy atom. The van der Waals surface area contributed by atoms with Crippen LogP contribution in [-0.2, 0) is 0 Å². The van der Waals surface area contributed by atoms with Crippen molar-refractivity contribution >= 4 is 72.4 Å². The summed E-state index contributed by atoms with van der Waals surface area (Å²) in [4.78, 5) is 0. The Balaban J connectivity index is 0.977. The number of benzene rings is 11. The van der Waals surface area contributed by atoms with Crippen LogP contribution in [0.4, 0.5) is 0 Å². The van der Waals surface area contributed by atoms with E-state index in [4.69, 9.17) is 0 Å². The molecular formula is C66H44N2Si. The molecule has 1 aliphatic heterocycles. The van der Waals surface area contributed by atoms with Gasteiger partial charge in [-0.05, 0) is 126 Å². The maximum atomic E-state index is 2.55. The van der Waals surface area contributed by atoms with Gasteiger partial charge in [0.2, 0.25) is 0 Å². The van der Waals surface area contributed by atoms with Crippen molar-refractivity contribution < 1.29 is 0 Å². The van der Waals surface area contributed by atoms with Crippen LogP contribution < -0.4 is 20.7 Å². The predicted molar refractivity (Wildman–Crippen MR) is 294 cm³/mol. The minimum Gasteiger partial charge on any atom is -0.309 e. The van der Waals surface area contributed by atoms with Crippen molar-refractivity contribution in [2.75, 3.05) is 0 Å². The highest BCUT2D eigenvalue weighted by Crippen LogP contribution is 2.40. The van der Waals surface area contributed by atoms with E-state index in [1.165, 1.54) is 115 Å². The van der Waals surface area contributed by atoms with Crippen LogP contribution in [0, 0.1) is 0 Å². The molecule has 1 aliphatic rings. The van der Waals surface area contributed by atoms with E-state index in [9.17, 15) is 0 Å². The van der Waals surface area contributed by atoms with E-state index in [0.717, 1.165) is 5.69 Å². The molecule has 0 N–H and O–H groups in total. The molecular weight excluding hydrogens is 849 g/mol. The van der Waals surface area contributed by atoms with E-state index in [0.29, 0.717) is 0 Å². The maximum Gasteiger partial charge on any atom is 0.180 e. The summed E-state index contributed by atoms with van der Waals surface area (Å²) in [5.41, 5.74) is 17.1. The molecule has 3 heterocycles. The first kappa shape index (κ1) is 39.4. The summed E-state index contributed by atoms with van der Waals surface area (Å²) in [6.07, 6.45) is 0. The molecule has 0 fully saturated rings. The lowest BCUT2D eigenvalue weighted by Crippen LogP contribution is -2.72. The molecule has 0 saturated carbocycles. The minimum atomic E-state index is -2.89. The molecule has 0 amide bonds. The van der Waals surface area contributed by atoms with Gasteiger partial charge in [0.25, 0.3) is 0 Å². The van der Waals surface area contributed by atoms with E-state index in [2.05, 4.69) is 276 Å². The Morgan fingerprint density at radius 1 is 0.232 bits per heavy atom. The van der Waals surface area contributed by atoms with Crippen LogP contribution in [0.5, 0.6) is 0 Å². The van der Waals surface area contributed by atoms with Gasteiger partial charge in [-0.1, -0.05) is 206 Å². The Labute approximate surface area is 402 Å². The Kier molecular flexibility index (Phi) is 8.95. The average molecular weight is 893 g/mol. The van der Waals surface area contributed by atoms with E-state index in [-0.39, 0.29) is 0 Å². The summed E-state index contributed by atoms with van der Waals surface area (Å²) in [5.74, 6) is 0. The van der Waals surface area contributed by atoms with Gasteiger partial charge in [-0.15, -0.1) is 0 Å². The molecule has 69 heavy (non-hydrogen) atoms. The zero-order chi connectivity index (χ0) is 45.5. The quantitative estimate of drug-likeness (QED) is 0.141. The highest BCUT2D eigenvalue weighted by Gasteiger charge is 2.49. The summed E-state index contributed by atoms with van der Waals surface area (Å²) < 4.78 is 4.84. The highest BCUT2D eigenvalue weighted by atomic mass is 28.3. The molecule has 13 aromatic rings. The van der Waals surface area contributed by atoms with Crippen molar-refractivity contribution in [1.82, 2.24) is 9.13 Å². The van der Waals surface area contributed by atoms with E-state index in [1.54, 1.807) is 0 Å². The molecule has 0 atom stereocenters. The Hall–Kier alpha value is -8.76. The summed E-state index contributed by atoms with van der Waals surface area (Å²) in [7, 11) is -2.89. The fourth-order valence-electron chi connectivity index (χ4n) is 11.7. The van der Waals surface area contributed by atoms with Crippen molar-refractivity contribution in [3.05, 3.63) is 267 Å². The highest BCUT2D eigenvalue weighted by molar-refractivity contribution is 7.22. The lowest BCUT2D eigenvalue weighted by atomic mass is 9.97. The molecule has 0 saturated heterocycles. The standard InChI is InChI=1S/C66H44N2Si/c1-6-18-45(19-7-1)46-33-38-62-59(40-46)60-41-47(34-39-63(60)67(62)51-20-8-2-9-21-51)49-31-36-57-58-37-32-50(44-66(58)69(65(57)43-49,53-24-12-4-13-25-53)54-26-14-5-15-27-54)48-30-35-56-55-28-16-17-29-61(55)68(64(56)42-48)52-22-10-3-11-23-52/h1-44H. The average Bonchev–Trinajstić information content (AvgIpc) is 4.05. The third kappa shape index (κ3) is 6.04. The topological polar surface area (TPSA) is 9.86 Å². The van der Waals surface area contributed by atoms with Gasteiger partial charge in [-0.2, -0.15) is 0 Å². The smallest absolute Gasteiger partial charge is 0.180 e. The first-order valence-corrected chi connectivity index (χ1v) is 25.9. The van der Waals surface area contributed by atoms with Gasteiger partial charge in [0, 0.05) is 32.9 Å². The van der Waals surface area contributed by atoms with Gasteiger partial charge >= 0.3 is 0 Å². The molecule has 322 valence electrons. The monoisotopic (exact) mass is 892 g/mol. The second-order valence-corrected chi connectivity index (χ2v) is 22.2. The van der Waals surface area contributed by atoms with Gasteiger partial charge < -0.3 is 9.13 Å². The van der Waals surface area contributed by atoms with Gasteiger partial charge in [-0.3, -0.25) is 0 Å². The summed E-state index contributed by atoms with van der Waals surface area (Å²) >= 11 is 0. The Bertz CT molecular complexity index is 4060. The summed E-state index contributed by atoms with van der Waals surface area (Å²) in [5, 5.41) is 10.7. The first-order valence-electron chi connectivity index (χ1n) is 23.9. The maximum absolute atomic E-state index is 2.89. The third-order valence-electron chi connectivity index (χ3n) is 14.8. The number of hydrogen-bond acceptors (Lipinski definition) is 0. The first-order chi connectivity index (χ1) is 34.2. The molecule has 0 aliphatic carbocycles. The molecule has 2 nitrogen and oxygen atoms in total. The zero-order valence-electron chi connectivity index (χ0n) is 37.8. The number of rotatable bonds is 7. The van der Waals surface area contributed by atoms with Crippen LogP contribution in [0.1, 0.15) is 0 Å². The van der Waals surface area contributed by atoms with Gasteiger partial charge in [0.15, 0.2) is 8.07 Å². The zero-order valence-corrected chi connectivity index (χ0v) is 38.8. The lowest BCUT2D eigenvalue weighted by Gasteiger charge is -2.32. The molecule has 2 aromatic heterocycles.